The van der Waals surface area contributed by atoms with Gasteiger partial charge in [-0.25, -0.2) is 0 Å². The molecule has 0 radical (unpaired) electrons. The number of aliphatic hydroxyl groups is 1. The van der Waals surface area contributed by atoms with Crippen LogP contribution in [0.15, 0.2) is 48.5 Å². The van der Waals surface area contributed by atoms with Crippen molar-refractivity contribution in [3.63, 3.8) is 0 Å². The average Bonchev–Trinajstić information content (AvgIpc) is 2.73. The topological polar surface area (TPSA) is 45.2 Å². The highest BCUT2D eigenvalue weighted by Crippen LogP contribution is 2.21. The summed E-state index contributed by atoms with van der Waals surface area (Å²) in [5.41, 5.74) is 2.59. The van der Waals surface area contributed by atoms with E-state index in [9.17, 15) is 5.11 Å². The lowest BCUT2D eigenvalue weighted by Gasteiger charge is -2.41. The number of ether oxygens (including phenoxy) is 2. The van der Waals surface area contributed by atoms with Crippen molar-refractivity contribution in [3.05, 3.63) is 59.7 Å². The number of rotatable bonds is 10. The molecule has 1 N–H and O–H groups in total. The third-order valence-corrected chi connectivity index (χ3v) is 5.41. The highest BCUT2D eigenvalue weighted by molar-refractivity contribution is 5.28. The summed E-state index contributed by atoms with van der Waals surface area (Å²) in [4.78, 5) is 4.99. The molecule has 2 aromatic rings. The van der Waals surface area contributed by atoms with E-state index in [0.717, 1.165) is 50.6 Å². The quantitative estimate of drug-likeness (QED) is 0.663. The van der Waals surface area contributed by atoms with Gasteiger partial charge in [-0.15, -0.1) is 0 Å². The molecule has 0 bridgehead atoms. The summed E-state index contributed by atoms with van der Waals surface area (Å²) >= 11 is 0. The number of aliphatic hydroxyl groups excluding tert-OH is 1. The normalized spacial score (nSPS) is 18.0. The monoisotopic (exact) mass is 398 g/mol. The Hall–Kier alpha value is -2.08. The Morgan fingerprint density at radius 3 is 1.90 bits per heavy atom. The highest BCUT2D eigenvalue weighted by Gasteiger charge is 2.26. The summed E-state index contributed by atoms with van der Waals surface area (Å²) in [6.45, 7) is 10.5. The van der Waals surface area contributed by atoms with Gasteiger partial charge in [0.15, 0.2) is 0 Å². The van der Waals surface area contributed by atoms with E-state index in [2.05, 4.69) is 34.1 Å². The summed E-state index contributed by atoms with van der Waals surface area (Å²) < 4.78 is 11.1. The lowest BCUT2D eigenvalue weighted by atomic mass is 10.1. The molecule has 1 unspecified atom stereocenters. The molecule has 1 heterocycles. The minimum atomic E-state index is 0.224. The fourth-order valence-corrected chi connectivity index (χ4v) is 3.94. The number of nitrogens with zero attached hydrogens (tertiary/aromatic N) is 2. The molecule has 158 valence electrons. The molecule has 0 aromatic heterocycles. The zero-order chi connectivity index (χ0) is 20.5. The van der Waals surface area contributed by atoms with Crippen LogP contribution in [0.3, 0.4) is 0 Å². The van der Waals surface area contributed by atoms with Crippen molar-refractivity contribution in [2.24, 2.45) is 0 Å². The number of hydrogen-bond acceptors (Lipinski definition) is 5. The number of hydrogen-bond donors (Lipinski definition) is 1. The molecule has 1 aliphatic rings. The van der Waals surface area contributed by atoms with E-state index in [1.54, 1.807) is 0 Å². The van der Waals surface area contributed by atoms with E-state index in [4.69, 9.17) is 9.47 Å². The van der Waals surface area contributed by atoms with E-state index in [1.165, 1.54) is 11.1 Å². The second kappa shape index (κ2) is 11.2. The van der Waals surface area contributed by atoms with Crippen LogP contribution in [0.1, 0.15) is 31.4 Å². The van der Waals surface area contributed by atoms with Gasteiger partial charge in [-0.3, -0.25) is 9.80 Å². The third-order valence-electron chi connectivity index (χ3n) is 5.41. The molecular weight excluding hydrogens is 364 g/mol. The Labute approximate surface area is 174 Å². The second-order valence-corrected chi connectivity index (χ2v) is 7.53. The third kappa shape index (κ3) is 6.46. The van der Waals surface area contributed by atoms with Gasteiger partial charge >= 0.3 is 0 Å². The van der Waals surface area contributed by atoms with E-state index < -0.39 is 0 Å². The maximum Gasteiger partial charge on any atom is 0.119 e. The van der Waals surface area contributed by atoms with Crippen LogP contribution < -0.4 is 9.47 Å². The van der Waals surface area contributed by atoms with Gasteiger partial charge in [-0.05, 0) is 55.7 Å². The van der Waals surface area contributed by atoms with Crippen molar-refractivity contribution in [3.8, 4) is 11.5 Å². The molecule has 0 saturated carbocycles. The molecular formula is C24H34N2O3. The zero-order valence-corrected chi connectivity index (χ0v) is 17.7. The van der Waals surface area contributed by atoms with Crippen LogP contribution in [0.25, 0.3) is 0 Å². The van der Waals surface area contributed by atoms with Crippen molar-refractivity contribution < 1.29 is 14.6 Å². The molecule has 5 nitrogen and oxygen atoms in total. The Bertz CT molecular complexity index is 718. The van der Waals surface area contributed by atoms with Crippen LogP contribution in [-0.4, -0.2) is 60.4 Å². The molecule has 3 rings (SSSR count). The van der Waals surface area contributed by atoms with Crippen LogP contribution in [-0.2, 0) is 13.1 Å². The fourth-order valence-electron chi connectivity index (χ4n) is 3.94. The van der Waals surface area contributed by atoms with E-state index in [1.807, 2.05) is 38.1 Å². The van der Waals surface area contributed by atoms with Gasteiger partial charge in [0.2, 0.25) is 0 Å². The minimum Gasteiger partial charge on any atom is -0.494 e. The first-order valence-electron chi connectivity index (χ1n) is 10.7. The Kier molecular flexibility index (Phi) is 8.35. The molecule has 1 fully saturated rings. The zero-order valence-electron chi connectivity index (χ0n) is 17.7. The lowest BCUT2D eigenvalue weighted by Crippen LogP contribution is -2.52. The van der Waals surface area contributed by atoms with Gasteiger partial charge in [0.05, 0.1) is 13.2 Å². The van der Waals surface area contributed by atoms with Gasteiger partial charge in [0.25, 0.3) is 0 Å². The van der Waals surface area contributed by atoms with Crippen molar-refractivity contribution in [1.29, 1.82) is 0 Å². The maximum atomic E-state index is 9.58. The van der Waals surface area contributed by atoms with E-state index in [-0.39, 0.29) is 6.61 Å². The maximum absolute atomic E-state index is 9.58. The van der Waals surface area contributed by atoms with Crippen LogP contribution in [0.4, 0.5) is 0 Å². The summed E-state index contributed by atoms with van der Waals surface area (Å²) in [6.07, 6.45) is 0.802. The van der Waals surface area contributed by atoms with Gasteiger partial charge in [-0.1, -0.05) is 24.3 Å². The standard InChI is InChI=1S/C24H34N2O3/c1-3-28-23-9-5-20(6-10-23)17-25-14-15-26(22(19-25)13-16-27)18-21-7-11-24(12-8-21)29-4-2/h5-12,22,27H,3-4,13-19H2,1-2H3. The Balaban J connectivity index is 1.57. The molecule has 0 aliphatic carbocycles. The van der Waals surface area contributed by atoms with Crippen molar-refractivity contribution >= 4 is 0 Å². The first kappa shape index (κ1) is 21.6. The van der Waals surface area contributed by atoms with Crippen LogP contribution >= 0.6 is 0 Å². The summed E-state index contributed by atoms with van der Waals surface area (Å²) in [5, 5.41) is 9.58. The van der Waals surface area contributed by atoms with Crippen LogP contribution in [0, 0.1) is 0 Å². The first-order valence-corrected chi connectivity index (χ1v) is 10.7. The molecule has 5 heteroatoms. The molecule has 29 heavy (non-hydrogen) atoms. The number of benzene rings is 2. The van der Waals surface area contributed by atoms with Crippen molar-refractivity contribution in [2.75, 3.05) is 39.5 Å². The molecule has 1 atom stereocenters. The molecule has 1 saturated heterocycles. The summed E-state index contributed by atoms with van der Waals surface area (Å²) in [7, 11) is 0. The molecule has 1 aliphatic heterocycles. The van der Waals surface area contributed by atoms with E-state index in [0.29, 0.717) is 19.3 Å². The number of piperazine rings is 1. The minimum absolute atomic E-state index is 0.224. The van der Waals surface area contributed by atoms with Crippen LogP contribution in [0.2, 0.25) is 0 Å². The van der Waals surface area contributed by atoms with Gasteiger partial charge in [-0.2, -0.15) is 0 Å². The predicted molar refractivity (Wildman–Crippen MR) is 116 cm³/mol. The Morgan fingerprint density at radius 2 is 1.38 bits per heavy atom. The SMILES string of the molecule is CCOc1ccc(CN2CCN(Cc3ccc(OCC)cc3)C(CCO)C2)cc1. The first-order chi connectivity index (χ1) is 14.2. The fraction of sp³-hybridized carbons (Fsp3) is 0.500. The second-order valence-electron chi connectivity index (χ2n) is 7.53. The lowest BCUT2D eigenvalue weighted by molar-refractivity contribution is 0.0499. The molecule has 0 amide bonds. The van der Waals surface area contributed by atoms with Crippen molar-refractivity contribution in [1.82, 2.24) is 9.80 Å². The Morgan fingerprint density at radius 1 is 0.828 bits per heavy atom. The molecule has 2 aromatic carbocycles. The highest BCUT2D eigenvalue weighted by atomic mass is 16.5. The molecule has 0 spiro atoms. The largest absolute Gasteiger partial charge is 0.494 e. The smallest absolute Gasteiger partial charge is 0.119 e. The van der Waals surface area contributed by atoms with E-state index >= 15 is 0 Å². The van der Waals surface area contributed by atoms with Crippen LogP contribution in [0.5, 0.6) is 11.5 Å². The summed E-state index contributed by atoms with van der Waals surface area (Å²) in [6, 6.07) is 17.1. The van der Waals surface area contributed by atoms with Crippen molar-refractivity contribution in [2.45, 2.75) is 39.4 Å². The summed E-state index contributed by atoms with van der Waals surface area (Å²) in [5.74, 6) is 1.85. The average molecular weight is 399 g/mol. The van der Waals surface area contributed by atoms with Gasteiger partial charge in [0, 0.05) is 45.4 Å². The van der Waals surface area contributed by atoms with Gasteiger partial charge < -0.3 is 14.6 Å². The van der Waals surface area contributed by atoms with Gasteiger partial charge in [0.1, 0.15) is 11.5 Å². The predicted octanol–water partition coefficient (Wildman–Crippen LogP) is 3.55.